The first-order valence-corrected chi connectivity index (χ1v) is 11.6. The van der Waals surface area contributed by atoms with Crippen molar-refractivity contribution in [1.29, 1.82) is 0 Å². The van der Waals surface area contributed by atoms with Crippen molar-refractivity contribution < 1.29 is 4.79 Å². The van der Waals surface area contributed by atoms with Crippen LogP contribution in [0.1, 0.15) is 32.6 Å². The molecule has 6 heteroatoms. The Morgan fingerprint density at radius 2 is 2.07 bits per heavy atom. The van der Waals surface area contributed by atoms with Crippen molar-refractivity contribution in [2.24, 2.45) is 12.8 Å². The topological polar surface area (TPSA) is 64.2 Å². The van der Waals surface area contributed by atoms with Gasteiger partial charge in [-0.2, -0.15) is 16.9 Å². The first kappa shape index (κ1) is 20.7. The number of aromatic nitrogens is 2. The quantitative estimate of drug-likeness (QED) is 0.632. The maximum absolute atomic E-state index is 13.1. The summed E-state index contributed by atoms with van der Waals surface area (Å²) in [5.74, 6) is 0.992. The number of nitrogens with two attached hydrogens (primary N) is 1. The van der Waals surface area contributed by atoms with Crippen molar-refractivity contribution in [2.75, 3.05) is 12.8 Å². The van der Waals surface area contributed by atoms with Crippen LogP contribution in [0.4, 0.5) is 0 Å². The number of rotatable bonds is 7. The van der Waals surface area contributed by atoms with Crippen molar-refractivity contribution in [1.82, 2.24) is 14.7 Å². The third kappa shape index (κ3) is 3.89. The van der Waals surface area contributed by atoms with Crippen LogP contribution in [0, 0.1) is 6.92 Å². The minimum absolute atomic E-state index is 0.0149. The Balaban J connectivity index is 1.60. The molecule has 1 aromatic heterocycles. The van der Waals surface area contributed by atoms with Crippen molar-refractivity contribution in [3.8, 4) is 11.3 Å². The molecule has 5 nitrogen and oxygen atoms in total. The molecule has 0 aliphatic carbocycles. The van der Waals surface area contributed by atoms with Gasteiger partial charge in [0, 0.05) is 48.6 Å². The molecule has 30 heavy (non-hydrogen) atoms. The molecule has 1 atom stereocenters. The molecule has 0 radical (unpaired) electrons. The molecule has 1 aliphatic rings. The van der Waals surface area contributed by atoms with Crippen molar-refractivity contribution >= 4 is 17.7 Å². The average molecular weight is 421 g/mol. The number of carbonyl (C=O) groups excluding carboxylic acids is 1. The van der Waals surface area contributed by atoms with Gasteiger partial charge in [0.1, 0.15) is 0 Å². The number of nitrogens with zero attached hydrogens (tertiary/aromatic N) is 3. The van der Waals surface area contributed by atoms with E-state index in [-0.39, 0.29) is 11.9 Å². The number of thioether (sulfide) groups is 1. The van der Waals surface area contributed by atoms with Gasteiger partial charge in [0.2, 0.25) is 0 Å². The monoisotopic (exact) mass is 420 g/mol. The molecular formula is C24H28N4OS. The molecule has 1 unspecified atom stereocenters. The lowest BCUT2D eigenvalue weighted by atomic mass is 10.0. The Morgan fingerprint density at radius 1 is 1.23 bits per heavy atom. The lowest BCUT2D eigenvalue weighted by Crippen LogP contribution is -2.42. The average Bonchev–Trinajstić information content (AvgIpc) is 3.26. The van der Waals surface area contributed by atoms with Crippen LogP contribution in [0.2, 0.25) is 0 Å². The Bertz CT molecular complexity index is 1070. The minimum atomic E-state index is -0.0149. The van der Waals surface area contributed by atoms with Gasteiger partial charge in [-0.05, 0) is 42.9 Å². The molecule has 156 valence electrons. The highest BCUT2D eigenvalue weighted by Gasteiger charge is 2.32. The summed E-state index contributed by atoms with van der Waals surface area (Å²) in [6, 6.07) is 14.6. The van der Waals surface area contributed by atoms with Gasteiger partial charge in [-0.25, -0.2) is 0 Å². The summed E-state index contributed by atoms with van der Waals surface area (Å²) in [6.45, 7) is 3.13. The lowest BCUT2D eigenvalue weighted by molar-refractivity contribution is 0.0708. The van der Waals surface area contributed by atoms with Gasteiger partial charge in [-0.3, -0.25) is 9.48 Å². The van der Waals surface area contributed by atoms with E-state index in [1.54, 1.807) is 11.8 Å². The highest BCUT2D eigenvalue weighted by Crippen LogP contribution is 2.32. The molecule has 0 bridgehead atoms. The summed E-state index contributed by atoms with van der Waals surface area (Å²) in [7, 11) is 1.97. The molecule has 2 heterocycles. The fourth-order valence-corrected chi connectivity index (χ4v) is 4.86. The molecule has 0 fully saturated rings. The van der Waals surface area contributed by atoms with Gasteiger partial charge in [0.15, 0.2) is 0 Å². The Labute approximate surface area is 182 Å². The number of carbonyl (C=O) groups is 1. The number of benzene rings is 2. The first-order valence-electron chi connectivity index (χ1n) is 10.2. The van der Waals surface area contributed by atoms with Crippen molar-refractivity contribution in [2.45, 2.75) is 31.7 Å². The van der Waals surface area contributed by atoms with E-state index < -0.39 is 0 Å². The van der Waals surface area contributed by atoms with Crippen LogP contribution in [0.25, 0.3) is 11.3 Å². The van der Waals surface area contributed by atoms with Gasteiger partial charge in [-0.15, -0.1) is 0 Å². The maximum atomic E-state index is 13.1. The number of hydrogen-bond acceptors (Lipinski definition) is 4. The molecule has 1 amide bonds. The van der Waals surface area contributed by atoms with Crippen LogP contribution < -0.4 is 5.73 Å². The largest absolute Gasteiger partial charge is 0.330 e. The SMILES string of the molecule is CSCc1cnn(C)c1-c1ccc2c(c1)CN(C(CN)Cc1cccc(C)c1)C2=O. The highest BCUT2D eigenvalue weighted by molar-refractivity contribution is 7.97. The van der Waals surface area contributed by atoms with E-state index >= 15 is 0 Å². The fraction of sp³-hybridized carbons (Fsp3) is 0.333. The van der Waals surface area contributed by atoms with Crippen LogP contribution in [0.3, 0.4) is 0 Å². The Hall–Kier alpha value is -2.57. The Kier molecular flexibility index (Phi) is 5.97. The van der Waals surface area contributed by atoms with E-state index in [1.807, 2.05) is 35.0 Å². The molecule has 2 N–H and O–H groups in total. The summed E-state index contributed by atoms with van der Waals surface area (Å²) in [5.41, 5.74) is 13.8. The van der Waals surface area contributed by atoms with Crippen LogP contribution >= 0.6 is 11.8 Å². The summed E-state index contributed by atoms with van der Waals surface area (Å²) >= 11 is 1.78. The predicted octanol–water partition coefficient (Wildman–Crippen LogP) is 3.78. The summed E-state index contributed by atoms with van der Waals surface area (Å²) in [6.07, 6.45) is 4.80. The molecule has 4 rings (SSSR count). The van der Waals surface area contributed by atoms with Gasteiger partial charge in [0.05, 0.1) is 11.9 Å². The third-order valence-electron chi connectivity index (χ3n) is 5.79. The molecule has 0 saturated heterocycles. The van der Waals surface area contributed by atoms with E-state index in [2.05, 4.69) is 48.6 Å². The van der Waals surface area contributed by atoms with Gasteiger partial charge in [-0.1, -0.05) is 35.9 Å². The second-order valence-electron chi connectivity index (χ2n) is 7.96. The second-order valence-corrected chi connectivity index (χ2v) is 8.83. The van der Waals surface area contributed by atoms with Crippen molar-refractivity contribution in [3.63, 3.8) is 0 Å². The van der Waals surface area contributed by atoms with Gasteiger partial charge in [0.25, 0.3) is 5.91 Å². The van der Waals surface area contributed by atoms with Crippen LogP contribution in [-0.4, -0.2) is 39.4 Å². The Morgan fingerprint density at radius 3 is 2.80 bits per heavy atom. The van der Waals surface area contributed by atoms with E-state index in [0.717, 1.165) is 34.6 Å². The van der Waals surface area contributed by atoms with Gasteiger partial charge >= 0.3 is 0 Å². The lowest BCUT2D eigenvalue weighted by Gasteiger charge is -2.27. The maximum Gasteiger partial charge on any atom is 0.254 e. The second kappa shape index (κ2) is 8.66. The zero-order chi connectivity index (χ0) is 21.3. The molecule has 0 spiro atoms. The highest BCUT2D eigenvalue weighted by atomic mass is 32.2. The van der Waals surface area contributed by atoms with Crippen molar-refractivity contribution in [3.05, 3.63) is 76.5 Å². The molecule has 1 aliphatic heterocycles. The standard InChI is InChI=1S/C24H28N4OS/c1-16-5-4-6-17(9-16)10-21(12-25)28-14-19-11-18(7-8-22(19)24(28)29)23-20(15-30-3)13-26-27(23)2/h4-9,11,13,21H,10,12,14-15,25H2,1-3H3. The number of hydrogen-bond donors (Lipinski definition) is 1. The smallest absolute Gasteiger partial charge is 0.254 e. The van der Waals surface area contributed by atoms with E-state index in [0.29, 0.717) is 13.1 Å². The molecule has 3 aromatic rings. The van der Waals surface area contributed by atoms with E-state index in [9.17, 15) is 4.79 Å². The summed E-state index contributed by atoms with van der Waals surface area (Å²) < 4.78 is 1.92. The predicted molar refractivity (Wildman–Crippen MR) is 123 cm³/mol. The zero-order valence-corrected chi connectivity index (χ0v) is 18.6. The number of fused-ring (bicyclic) bond motifs is 1. The number of amides is 1. The summed E-state index contributed by atoms with van der Waals surface area (Å²) in [5, 5.41) is 4.44. The van der Waals surface area contributed by atoms with Crippen LogP contribution in [0.15, 0.2) is 48.7 Å². The van der Waals surface area contributed by atoms with Gasteiger partial charge < -0.3 is 10.6 Å². The van der Waals surface area contributed by atoms with Crippen LogP contribution in [0.5, 0.6) is 0 Å². The van der Waals surface area contributed by atoms with Crippen LogP contribution in [-0.2, 0) is 25.8 Å². The molecular weight excluding hydrogens is 392 g/mol. The summed E-state index contributed by atoms with van der Waals surface area (Å²) in [4.78, 5) is 15.1. The fourth-order valence-electron chi connectivity index (χ4n) is 4.33. The van der Waals surface area contributed by atoms with E-state index in [4.69, 9.17) is 5.73 Å². The first-order chi connectivity index (χ1) is 14.5. The van der Waals surface area contributed by atoms with E-state index in [1.165, 1.54) is 16.7 Å². The molecule has 2 aromatic carbocycles. The zero-order valence-electron chi connectivity index (χ0n) is 17.8. The molecule has 0 saturated carbocycles. The third-order valence-corrected chi connectivity index (χ3v) is 6.39. The normalized spacial score (nSPS) is 14.3. The minimum Gasteiger partial charge on any atom is -0.330 e. The number of aryl methyl sites for hydroxylation is 2.